The number of aromatic nitrogens is 6. The number of nitrogens with one attached hydrogen (secondary N) is 3. The monoisotopic (exact) mass is 792 g/mol. The summed E-state index contributed by atoms with van der Waals surface area (Å²) in [5.41, 5.74) is 13.1. The topological polar surface area (TPSA) is 135 Å². The summed E-state index contributed by atoms with van der Waals surface area (Å²) in [6.07, 6.45) is 6.88. The number of likely N-dealkylation sites (tertiary alicyclic amines) is 1. The fourth-order valence-electron chi connectivity index (χ4n) is 10.8. The summed E-state index contributed by atoms with van der Waals surface area (Å²) in [5, 5.41) is 9.59. The van der Waals surface area contributed by atoms with E-state index in [2.05, 4.69) is 54.0 Å². The molecule has 2 aromatic carbocycles. The number of hydrogen-bond acceptors (Lipinski definition) is 8. The van der Waals surface area contributed by atoms with Gasteiger partial charge in [0, 0.05) is 88.3 Å². The minimum absolute atomic E-state index is 0.0113. The molecule has 2 saturated heterocycles. The highest BCUT2D eigenvalue weighted by Crippen LogP contribution is 2.47. The molecule has 2 aliphatic carbocycles. The van der Waals surface area contributed by atoms with Gasteiger partial charge in [-0.1, -0.05) is 24.3 Å². The van der Waals surface area contributed by atoms with Crippen LogP contribution in [0.5, 0.6) is 0 Å². The Morgan fingerprint density at radius 2 is 1.10 bits per heavy atom. The van der Waals surface area contributed by atoms with Crippen LogP contribution in [0.15, 0.2) is 60.9 Å². The first kappa shape index (κ1) is 36.0. The number of fused-ring (bicyclic) bond motifs is 12. The van der Waals surface area contributed by atoms with Gasteiger partial charge in [-0.15, -0.1) is 0 Å². The zero-order valence-electron chi connectivity index (χ0n) is 33.0. The van der Waals surface area contributed by atoms with Crippen LogP contribution in [0.25, 0.3) is 45.6 Å². The number of carbonyl (C=O) groups excluding carboxylic acids is 2. The molecule has 6 aliphatic rings. The smallest absolute Gasteiger partial charge is 0.253 e. The number of rotatable bonds is 2. The Morgan fingerprint density at radius 3 is 1.54 bits per heavy atom. The van der Waals surface area contributed by atoms with Crippen LogP contribution in [0.4, 0.5) is 8.78 Å². The van der Waals surface area contributed by atoms with E-state index in [1.165, 1.54) is 24.3 Å². The predicted molar refractivity (Wildman–Crippen MR) is 217 cm³/mol. The van der Waals surface area contributed by atoms with Gasteiger partial charge < -0.3 is 30.0 Å². The third kappa shape index (κ3) is 5.31. The first-order chi connectivity index (χ1) is 28.5. The van der Waals surface area contributed by atoms with Gasteiger partial charge in [-0.25, -0.2) is 28.7 Å². The number of halogens is 2. The second kappa shape index (κ2) is 12.9. The molecule has 0 radical (unpaired) electrons. The fourth-order valence-corrected chi connectivity index (χ4v) is 10.8. The van der Waals surface area contributed by atoms with Gasteiger partial charge in [-0.3, -0.25) is 9.59 Å². The van der Waals surface area contributed by atoms with Crippen molar-refractivity contribution < 1.29 is 18.4 Å². The summed E-state index contributed by atoms with van der Waals surface area (Å²) >= 11 is 0. The Morgan fingerprint density at radius 1 is 0.627 bits per heavy atom. The second-order valence-corrected chi connectivity index (χ2v) is 17.1. The largest absolute Gasteiger partial charge is 0.351 e. The Hall–Kier alpha value is -6.12. The van der Waals surface area contributed by atoms with Crippen molar-refractivity contribution in [3.63, 3.8) is 0 Å². The Kier molecular flexibility index (Phi) is 7.89. The first-order valence-corrected chi connectivity index (χ1v) is 20.2. The number of nitrogens with zero attached hydrogens (tertiary/aromatic N) is 7. The molecule has 298 valence electrons. The van der Waals surface area contributed by atoms with Crippen molar-refractivity contribution in [3.05, 3.63) is 117 Å². The highest BCUT2D eigenvalue weighted by molar-refractivity contribution is 6.02. The quantitative estimate of drug-likeness (QED) is 0.237. The molecule has 14 heteroatoms. The molecule has 3 N–H and O–H groups in total. The maximum absolute atomic E-state index is 13.7. The third-order valence-corrected chi connectivity index (χ3v) is 13.3. The van der Waals surface area contributed by atoms with Crippen LogP contribution in [0, 0.1) is 11.6 Å². The van der Waals surface area contributed by atoms with Crippen molar-refractivity contribution in [1.29, 1.82) is 0 Å². The lowest BCUT2D eigenvalue weighted by atomic mass is 9.72. The van der Waals surface area contributed by atoms with Crippen molar-refractivity contribution in [1.82, 2.24) is 49.9 Å². The van der Waals surface area contributed by atoms with Gasteiger partial charge in [0.1, 0.15) is 11.6 Å². The van der Waals surface area contributed by atoms with Crippen LogP contribution < -0.4 is 16.0 Å². The molecule has 12 nitrogen and oxygen atoms in total. The van der Waals surface area contributed by atoms with Crippen molar-refractivity contribution in [3.8, 4) is 45.6 Å². The minimum Gasteiger partial charge on any atom is -0.351 e. The maximum Gasteiger partial charge on any atom is 0.253 e. The van der Waals surface area contributed by atoms with Gasteiger partial charge in [0.2, 0.25) is 0 Å². The molecule has 59 heavy (non-hydrogen) atoms. The zero-order chi connectivity index (χ0) is 40.4. The minimum atomic E-state index is -0.310. The van der Waals surface area contributed by atoms with Gasteiger partial charge in [0.25, 0.3) is 11.8 Å². The van der Waals surface area contributed by atoms with Crippen molar-refractivity contribution >= 4 is 11.8 Å². The number of amides is 2. The molecule has 8 heterocycles. The Balaban J connectivity index is 0.000000135. The molecule has 0 bridgehead atoms. The number of aryl methyl sites for hydroxylation is 2. The molecule has 2 spiro atoms. The molecular formula is C45H42F2N10O2. The van der Waals surface area contributed by atoms with Gasteiger partial charge >= 0.3 is 0 Å². The van der Waals surface area contributed by atoms with E-state index in [9.17, 15) is 18.4 Å². The van der Waals surface area contributed by atoms with Crippen molar-refractivity contribution in [2.24, 2.45) is 14.1 Å². The van der Waals surface area contributed by atoms with E-state index in [1.54, 1.807) is 12.1 Å². The summed E-state index contributed by atoms with van der Waals surface area (Å²) in [4.78, 5) is 46.7. The molecule has 0 atom stereocenters. The van der Waals surface area contributed by atoms with Gasteiger partial charge in [-0.2, -0.15) is 0 Å². The number of likely N-dealkylation sites (N-methyl/N-ethyl adjacent to an activating group) is 1. The van der Waals surface area contributed by atoms with E-state index >= 15 is 0 Å². The molecule has 0 unspecified atom stereocenters. The fraction of sp³-hybridized carbons (Fsp3) is 0.333. The number of carbonyl (C=O) groups is 2. The maximum atomic E-state index is 13.7. The summed E-state index contributed by atoms with van der Waals surface area (Å²) in [6.45, 7) is 4.92. The first-order valence-electron chi connectivity index (χ1n) is 20.2. The van der Waals surface area contributed by atoms with Gasteiger partial charge in [0.15, 0.2) is 11.6 Å². The van der Waals surface area contributed by atoms with E-state index in [0.717, 1.165) is 119 Å². The number of hydrogen-bond donors (Lipinski definition) is 3. The van der Waals surface area contributed by atoms with Crippen LogP contribution in [0.3, 0.4) is 0 Å². The molecule has 2 amide bonds. The van der Waals surface area contributed by atoms with Gasteiger partial charge in [0.05, 0.1) is 44.7 Å². The normalized spacial score (nSPS) is 18.7. The lowest BCUT2D eigenvalue weighted by Crippen LogP contribution is -2.65. The van der Waals surface area contributed by atoms with Crippen molar-refractivity contribution in [2.75, 3.05) is 46.3 Å². The SMILES string of the molecule is CN1CC2(CNC(=O)c3c4c(n(C)c32)-c2nc(-c3cccc(F)c3)ncc2CC4)C1.Cn1c2c(c3c1C1(CNC1)CNC3=O)CCc1cnc(-c3cccc(F)c3)nc1-2. The Labute approximate surface area is 339 Å². The van der Waals surface area contributed by atoms with E-state index < -0.39 is 0 Å². The molecule has 4 aliphatic heterocycles. The third-order valence-electron chi connectivity index (χ3n) is 13.3. The predicted octanol–water partition coefficient (Wildman–Crippen LogP) is 4.28. The summed E-state index contributed by atoms with van der Waals surface area (Å²) in [6, 6.07) is 12.7. The average Bonchev–Trinajstić information content (AvgIpc) is 3.70. The molecule has 6 aromatic rings. The van der Waals surface area contributed by atoms with Crippen LogP contribution in [-0.2, 0) is 50.6 Å². The van der Waals surface area contributed by atoms with Crippen LogP contribution >= 0.6 is 0 Å². The molecular weight excluding hydrogens is 751 g/mol. The summed E-state index contributed by atoms with van der Waals surface area (Å²) < 4.78 is 31.8. The number of benzene rings is 2. The van der Waals surface area contributed by atoms with Crippen molar-refractivity contribution in [2.45, 2.75) is 36.5 Å². The van der Waals surface area contributed by atoms with E-state index in [1.807, 2.05) is 31.6 Å². The summed E-state index contributed by atoms with van der Waals surface area (Å²) in [7, 11) is 6.20. The highest BCUT2D eigenvalue weighted by Gasteiger charge is 2.52. The molecule has 4 aromatic heterocycles. The van der Waals surface area contributed by atoms with Crippen LogP contribution in [-0.4, -0.2) is 92.1 Å². The zero-order valence-corrected chi connectivity index (χ0v) is 33.0. The van der Waals surface area contributed by atoms with E-state index in [-0.39, 0.29) is 34.3 Å². The molecule has 12 rings (SSSR count). The van der Waals surface area contributed by atoms with Crippen LogP contribution in [0.2, 0.25) is 0 Å². The molecule has 0 saturated carbocycles. The average molecular weight is 793 g/mol. The second-order valence-electron chi connectivity index (χ2n) is 17.1. The highest BCUT2D eigenvalue weighted by atomic mass is 19.1. The Bertz CT molecular complexity index is 2800. The summed E-state index contributed by atoms with van der Waals surface area (Å²) in [5.74, 6) is 0.413. The lowest BCUT2D eigenvalue weighted by molar-refractivity contribution is 0.0670. The van der Waals surface area contributed by atoms with E-state index in [0.29, 0.717) is 35.9 Å². The molecule has 2 fully saturated rings. The van der Waals surface area contributed by atoms with Gasteiger partial charge in [-0.05, 0) is 79.3 Å². The van der Waals surface area contributed by atoms with Crippen LogP contribution in [0.1, 0.15) is 54.4 Å². The van der Waals surface area contributed by atoms with E-state index in [4.69, 9.17) is 9.97 Å². The standard InChI is InChI=1S/C23H22FN5O.C22H20FN5O/c1-28-11-23(12-28)10-26-22(30)17-16-7-6-14-9-25-21(13-4-3-5-15(24)8-13)27-18(14)19(16)29(2)20(17)23;1-28-18-15(16-19(28)22(9-24-10-22)11-26-21(16)29)6-5-13-8-25-20(27-17(13)18)12-3-2-4-14(23)7-12/h3-5,8-9H,6-7,10-12H2,1-2H3,(H,26,30);2-4,7-8,24H,5-6,9-11H2,1H3,(H,26,29). The lowest BCUT2D eigenvalue weighted by Gasteiger charge is -2.51.